The highest BCUT2D eigenvalue weighted by atomic mass is 35.5. The van der Waals surface area contributed by atoms with Crippen LogP contribution in [0.3, 0.4) is 0 Å². The van der Waals surface area contributed by atoms with E-state index >= 15 is 0 Å². The van der Waals surface area contributed by atoms with Crippen molar-refractivity contribution in [3.63, 3.8) is 0 Å². The predicted molar refractivity (Wildman–Crippen MR) is 81.1 cm³/mol. The Bertz CT molecular complexity index is 635. The first kappa shape index (κ1) is 14.2. The molecule has 2 rings (SSSR count). The van der Waals surface area contributed by atoms with E-state index in [9.17, 15) is 0 Å². The predicted octanol–water partition coefficient (Wildman–Crippen LogP) is 4.22. The van der Waals surface area contributed by atoms with Gasteiger partial charge in [0.2, 0.25) is 0 Å². The summed E-state index contributed by atoms with van der Waals surface area (Å²) in [5.74, 6) is 0.846. The fourth-order valence-electron chi connectivity index (χ4n) is 1.87. The maximum absolute atomic E-state index is 9.07. The summed E-state index contributed by atoms with van der Waals surface area (Å²) in [6.45, 7) is 3.20. The molecule has 3 nitrogen and oxygen atoms in total. The molecule has 0 amide bonds. The van der Waals surface area contributed by atoms with Gasteiger partial charge < -0.3 is 10.1 Å². The molecule has 0 heterocycles. The lowest BCUT2D eigenvalue weighted by Crippen LogP contribution is -2.02. The van der Waals surface area contributed by atoms with Gasteiger partial charge in [0, 0.05) is 11.6 Å². The third-order valence-electron chi connectivity index (χ3n) is 2.79. The van der Waals surface area contributed by atoms with Crippen LogP contribution in [0, 0.1) is 11.3 Å². The lowest BCUT2D eigenvalue weighted by molar-refractivity contribution is 0.340. The smallest absolute Gasteiger partial charge is 0.119 e. The summed E-state index contributed by atoms with van der Waals surface area (Å²) in [5.41, 5.74) is 2.40. The zero-order valence-electron chi connectivity index (χ0n) is 11.2. The molecule has 0 aromatic heterocycles. The normalized spacial score (nSPS) is 9.85. The minimum atomic E-state index is 0.579. The number of hydrogen-bond donors (Lipinski definition) is 1. The molecule has 2 aromatic rings. The van der Waals surface area contributed by atoms with Crippen LogP contribution in [-0.2, 0) is 6.54 Å². The van der Waals surface area contributed by atoms with Crippen LogP contribution in [0.15, 0.2) is 42.5 Å². The molecule has 0 aliphatic rings. The van der Waals surface area contributed by atoms with Gasteiger partial charge in [0.05, 0.1) is 17.9 Å². The second kappa shape index (κ2) is 6.83. The summed E-state index contributed by atoms with van der Waals surface area (Å²) >= 11 is 5.95. The summed E-state index contributed by atoms with van der Waals surface area (Å²) in [7, 11) is 0. The molecule has 0 saturated carbocycles. The minimum Gasteiger partial charge on any atom is -0.494 e. The maximum atomic E-state index is 9.07. The fourth-order valence-corrected chi connectivity index (χ4v) is 2.04. The second-order valence-electron chi connectivity index (χ2n) is 4.24. The molecule has 2 aromatic carbocycles. The van der Waals surface area contributed by atoms with Crippen molar-refractivity contribution < 1.29 is 4.74 Å². The first-order valence-electron chi connectivity index (χ1n) is 6.38. The van der Waals surface area contributed by atoms with Gasteiger partial charge in [0.25, 0.3) is 0 Å². The van der Waals surface area contributed by atoms with Crippen molar-refractivity contribution in [3.8, 4) is 11.8 Å². The van der Waals surface area contributed by atoms with Crippen LogP contribution in [0.2, 0.25) is 5.02 Å². The summed E-state index contributed by atoms with van der Waals surface area (Å²) in [6, 6.07) is 15.2. The standard InChI is InChI=1S/C16H15ClN2O/c1-2-20-15-5-3-4-12(8-15)11-19-16-9-14(17)7-6-13(16)10-18/h3-9,19H,2,11H2,1H3. The van der Waals surface area contributed by atoms with Crippen LogP contribution < -0.4 is 10.1 Å². The Kier molecular flexibility index (Phi) is 4.86. The van der Waals surface area contributed by atoms with Gasteiger partial charge in [-0.15, -0.1) is 0 Å². The number of nitrogens with zero attached hydrogens (tertiary/aromatic N) is 1. The van der Waals surface area contributed by atoms with Crippen molar-refractivity contribution in [2.24, 2.45) is 0 Å². The monoisotopic (exact) mass is 286 g/mol. The van der Waals surface area contributed by atoms with Crippen molar-refractivity contribution in [3.05, 3.63) is 58.6 Å². The molecule has 0 radical (unpaired) electrons. The molecular weight excluding hydrogens is 272 g/mol. The quantitative estimate of drug-likeness (QED) is 0.895. The zero-order chi connectivity index (χ0) is 14.4. The average molecular weight is 287 g/mol. The van der Waals surface area contributed by atoms with E-state index in [0.717, 1.165) is 17.0 Å². The maximum Gasteiger partial charge on any atom is 0.119 e. The Morgan fingerprint density at radius 3 is 2.85 bits per heavy atom. The van der Waals surface area contributed by atoms with Gasteiger partial charge in [-0.25, -0.2) is 0 Å². The van der Waals surface area contributed by atoms with Crippen LogP contribution in [0.1, 0.15) is 18.1 Å². The summed E-state index contributed by atoms with van der Waals surface area (Å²) in [6.07, 6.45) is 0. The molecule has 0 aliphatic carbocycles. The van der Waals surface area contributed by atoms with Crippen molar-refractivity contribution in [1.82, 2.24) is 0 Å². The number of hydrogen-bond acceptors (Lipinski definition) is 3. The molecule has 0 aliphatic heterocycles. The van der Waals surface area contributed by atoms with E-state index in [2.05, 4.69) is 11.4 Å². The van der Waals surface area contributed by atoms with E-state index < -0.39 is 0 Å². The molecule has 0 atom stereocenters. The van der Waals surface area contributed by atoms with Crippen molar-refractivity contribution in [1.29, 1.82) is 5.26 Å². The largest absolute Gasteiger partial charge is 0.494 e. The molecule has 1 N–H and O–H groups in total. The van der Waals surface area contributed by atoms with E-state index in [-0.39, 0.29) is 0 Å². The van der Waals surface area contributed by atoms with Gasteiger partial charge in [0.1, 0.15) is 11.8 Å². The third-order valence-corrected chi connectivity index (χ3v) is 3.03. The van der Waals surface area contributed by atoms with Crippen molar-refractivity contribution in [2.45, 2.75) is 13.5 Å². The third kappa shape index (κ3) is 3.66. The highest BCUT2D eigenvalue weighted by molar-refractivity contribution is 6.30. The average Bonchev–Trinajstić information content (AvgIpc) is 2.46. The van der Waals surface area contributed by atoms with E-state index in [1.807, 2.05) is 31.2 Å². The molecule has 0 saturated heterocycles. The highest BCUT2D eigenvalue weighted by Crippen LogP contribution is 2.21. The van der Waals surface area contributed by atoms with Gasteiger partial charge >= 0.3 is 0 Å². The minimum absolute atomic E-state index is 0.579. The Morgan fingerprint density at radius 1 is 1.25 bits per heavy atom. The van der Waals surface area contributed by atoms with Gasteiger partial charge in [-0.3, -0.25) is 0 Å². The first-order chi connectivity index (χ1) is 9.72. The Balaban J connectivity index is 2.11. The van der Waals surface area contributed by atoms with E-state index in [0.29, 0.717) is 23.7 Å². The zero-order valence-corrected chi connectivity index (χ0v) is 11.9. The van der Waals surface area contributed by atoms with E-state index in [1.165, 1.54) is 0 Å². The number of ether oxygens (including phenoxy) is 1. The Morgan fingerprint density at radius 2 is 2.10 bits per heavy atom. The molecule has 4 heteroatoms. The molecule has 0 unspecified atom stereocenters. The highest BCUT2D eigenvalue weighted by Gasteiger charge is 2.03. The van der Waals surface area contributed by atoms with Gasteiger partial charge in [-0.2, -0.15) is 5.26 Å². The van der Waals surface area contributed by atoms with Crippen molar-refractivity contribution in [2.75, 3.05) is 11.9 Å². The Labute approximate surface area is 123 Å². The van der Waals surface area contributed by atoms with Crippen LogP contribution in [0.25, 0.3) is 0 Å². The second-order valence-corrected chi connectivity index (χ2v) is 4.67. The lowest BCUT2D eigenvalue weighted by Gasteiger charge is -2.10. The van der Waals surface area contributed by atoms with Gasteiger partial charge in [0.15, 0.2) is 0 Å². The van der Waals surface area contributed by atoms with E-state index in [4.69, 9.17) is 21.6 Å². The molecule has 102 valence electrons. The molecular formula is C16H15ClN2O. The Hall–Kier alpha value is -2.18. The summed E-state index contributed by atoms with van der Waals surface area (Å²) in [4.78, 5) is 0. The van der Waals surface area contributed by atoms with Crippen LogP contribution in [0.4, 0.5) is 5.69 Å². The lowest BCUT2D eigenvalue weighted by atomic mass is 10.1. The SMILES string of the molecule is CCOc1cccc(CNc2cc(Cl)ccc2C#N)c1. The molecule has 0 spiro atoms. The van der Waals surface area contributed by atoms with Crippen LogP contribution in [-0.4, -0.2) is 6.61 Å². The number of anilines is 1. The van der Waals surface area contributed by atoms with Crippen LogP contribution in [0.5, 0.6) is 5.75 Å². The molecule has 0 fully saturated rings. The first-order valence-corrected chi connectivity index (χ1v) is 6.76. The summed E-state index contributed by atoms with van der Waals surface area (Å²) in [5, 5.41) is 12.9. The van der Waals surface area contributed by atoms with Gasteiger partial charge in [-0.1, -0.05) is 23.7 Å². The van der Waals surface area contributed by atoms with E-state index in [1.54, 1.807) is 18.2 Å². The number of benzene rings is 2. The molecule has 0 bridgehead atoms. The molecule has 20 heavy (non-hydrogen) atoms. The number of halogens is 1. The fraction of sp³-hybridized carbons (Fsp3) is 0.188. The topological polar surface area (TPSA) is 45.0 Å². The number of nitriles is 1. The summed E-state index contributed by atoms with van der Waals surface area (Å²) < 4.78 is 5.46. The van der Waals surface area contributed by atoms with Gasteiger partial charge in [-0.05, 0) is 42.8 Å². The number of rotatable bonds is 5. The van der Waals surface area contributed by atoms with Crippen molar-refractivity contribution >= 4 is 17.3 Å². The van der Waals surface area contributed by atoms with Crippen LogP contribution >= 0.6 is 11.6 Å². The number of nitrogens with one attached hydrogen (secondary N) is 1.